The minimum Gasteiger partial charge on any atom is -0.491 e. The number of hydrogen-bond acceptors (Lipinski definition) is 3. The Bertz CT molecular complexity index is 764. The normalized spacial score (nSPS) is 10.7. The van der Waals surface area contributed by atoms with Gasteiger partial charge in [-0.3, -0.25) is 4.79 Å². The molecule has 0 bridgehead atoms. The maximum atomic E-state index is 10.9. The van der Waals surface area contributed by atoms with Gasteiger partial charge in [0.05, 0.1) is 27.3 Å². The van der Waals surface area contributed by atoms with E-state index in [2.05, 4.69) is 113 Å². The average molecular weight is 916 g/mol. The zero-order valence-corrected chi connectivity index (χ0v) is 24.0. The van der Waals surface area contributed by atoms with Crippen LogP contribution in [0.2, 0.25) is 0 Å². The van der Waals surface area contributed by atoms with Crippen molar-refractivity contribution >= 4 is 119 Å². The summed E-state index contributed by atoms with van der Waals surface area (Å²) in [5.41, 5.74) is 0.766. The summed E-state index contributed by atoms with van der Waals surface area (Å²) in [5, 5.41) is 8.97. The summed E-state index contributed by atoms with van der Waals surface area (Å²) in [6.07, 6.45) is 1.02. The summed E-state index contributed by atoms with van der Waals surface area (Å²) in [7, 11) is 0. The summed E-state index contributed by atoms with van der Waals surface area (Å²) in [5.74, 6) is 1.53. The molecule has 4 nitrogen and oxygen atoms in total. The van der Waals surface area contributed by atoms with Gasteiger partial charge in [0.25, 0.3) is 0 Å². The number of carboxylic acids is 1. The fourth-order valence-corrected chi connectivity index (χ4v) is 6.52. The van der Waals surface area contributed by atoms with E-state index < -0.39 is 5.97 Å². The van der Waals surface area contributed by atoms with E-state index in [4.69, 9.17) is 14.6 Å². The fourth-order valence-electron chi connectivity index (χ4n) is 2.07. The Kier molecular flexibility index (Phi) is 10.3. The Hall–Kier alpha value is 1.16. The molecule has 2 aromatic carbocycles. The van der Waals surface area contributed by atoms with Gasteiger partial charge in [0, 0.05) is 4.43 Å². The first-order valence-corrected chi connectivity index (χ1v) is 13.2. The summed E-state index contributed by atoms with van der Waals surface area (Å²) in [4.78, 5) is 10.9. The van der Waals surface area contributed by atoms with Gasteiger partial charge in [0.15, 0.2) is 5.75 Å². The summed E-state index contributed by atoms with van der Waals surface area (Å²) in [6, 6.07) is 7.62. The highest BCUT2D eigenvalue weighted by Gasteiger charge is 2.15. The van der Waals surface area contributed by atoms with E-state index in [-0.39, 0.29) is 6.42 Å². The van der Waals surface area contributed by atoms with Crippen molar-refractivity contribution < 1.29 is 19.4 Å². The van der Waals surface area contributed by atoms with Crippen LogP contribution in [-0.2, 0) is 11.2 Å². The predicted octanol–water partition coefficient (Wildman–Crippen LogP) is 6.73. The van der Waals surface area contributed by atoms with Crippen molar-refractivity contribution in [3.8, 4) is 17.2 Å². The third-order valence-electron chi connectivity index (χ3n) is 3.13. The Morgan fingerprint density at radius 3 is 1.96 bits per heavy atom. The number of hydrogen-bond donors (Lipinski definition) is 1. The van der Waals surface area contributed by atoms with Gasteiger partial charge < -0.3 is 14.6 Å². The highest BCUT2D eigenvalue weighted by atomic mass is 127. The second kappa shape index (κ2) is 11.4. The second-order valence-corrected chi connectivity index (χ2v) is 10.9. The van der Waals surface area contributed by atoms with E-state index in [1.807, 2.05) is 24.3 Å². The molecule has 0 unspecified atom stereocenters. The molecule has 0 amide bonds. The van der Waals surface area contributed by atoms with Crippen LogP contribution in [0.5, 0.6) is 17.2 Å². The molecule has 0 atom stereocenters. The fraction of sp³-hybridized carbons (Fsp3) is 0.235. The van der Waals surface area contributed by atoms with Crippen LogP contribution in [0.25, 0.3) is 0 Å². The quantitative estimate of drug-likeness (QED) is 0.182. The molecule has 0 aromatic heterocycles. The Morgan fingerprint density at radius 1 is 0.923 bits per heavy atom. The highest BCUT2D eigenvalue weighted by Crippen LogP contribution is 2.37. The number of rotatable bonds is 8. The monoisotopic (exact) mass is 916 g/mol. The van der Waals surface area contributed by atoms with E-state index in [9.17, 15) is 4.79 Å². The van der Waals surface area contributed by atoms with Gasteiger partial charge in [-0.2, -0.15) is 0 Å². The summed E-state index contributed by atoms with van der Waals surface area (Å²) in [6.45, 7) is 0.704. The predicted molar refractivity (Wildman–Crippen MR) is 144 cm³/mol. The van der Waals surface area contributed by atoms with Crippen LogP contribution >= 0.6 is 113 Å². The first-order chi connectivity index (χ1) is 12.3. The molecule has 0 heterocycles. The Labute approximate surface area is 220 Å². The number of carbonyl (C=O) groups is 1. The molecule has 0 saturated heterocycles. The van der Waals surface area contributed by atoms with Crippen LogP contribution in [0.15, 0.2) is 24.3 Å². The SMILES string of the molecule is O=C(O)Cc1cc(I)c(Oc2cc(I)c(OCCCI)c(I)c2)c(I)c1. The van der Waals surface area contributed by atoms with Crippen molar-refractivity contribution in [2.24, 2.45) is 0 Å². The Morgan fingerprint density at radius 2 is 1.46 bits per heavy atom. The van der Waals surface area contributed by atoms with E-state index in [1.165, 1.54) is 0 Å². The standard InChI is InChI=1S/C17H13I5O4/c18-2-1-3-25-16-13(21)7-10(8-14(16)22)26-17-11(19)4-9(5-12(17)20)6-15(23)24/h4-5,7-8H,1-3,6H2,(H,23,24). The number of ether oxygens (including phenoxy) is 2. The average Bonchev–Trinajstić information content (AvgIpc) is 2.53. The zero-order chi connectivity index (χ0) is 19.3. The molecule has 26 heavy (non-hydrogen) atoms. The van der Waals surface area contributed by atoms with Crippen molar-refractivity contribution in [1.82, 2.24) is 0 Å². The molecule has 2 aromatic rings. The van der Waals surface area contributed by atoms with Crippen LogP contribution in [0.3, 0.4) is 0 Å². The molecule has 0 spiro atoms. The molecular formula is C17H13I5O4. The molecule has 0 aliphatic carbocycles. The molecule has 140 valence electrons. The first-order valence-electron chi connectivity index (χ1n) is 7.37. The van der Waals surface area contributed by atoms with Gasteiger partial charge in [-0.1, -0.05) is 22.6 Å². The summed E-state index contributed by atoms with van der Waals surface area (Å²) < 4.78 is 16.8. The Balaban J connectivity index is 2.24. The molecule has 0 aliphatic heterocycles. The highest BCUT2D eigenvalue weighted by molar-refractivity contribution is 14.1. The van der Waals surface area contributed by atoms with E-state index in [0.29, 0.717) is 6.61 Å². The van der Waals surface area contributed by atoms with Gasteiger partial charge in [-0.15, -0.1) is 0 Å². The number of benzene rings is 2. The van der Waals surface area contributed by atoms with E-state index in [0.717, 1.165) is 47.9 Å². The molecular weight excluding hydrogens is 903 g/mol. The van der Waals surface area contributed by atoms with Crippen LogP contribution in [0.1, 0.15) is 12.0 Å². The molecule has 0 radical (unpaired) electrons. The van der Waals surface area contributed by atoms with Crippen molar-refractivity contribution in [2.75, 3.05) is 11.0 Å². The lowest BCUT2D eigenvalue weighted by Gasteiger charge is -2.15. The van der Waals surface area contributed by atoms with Gasteiger partial charge in [-0.25, -0.2) is 0 Å². The maximum absolute atomic E-state index is 10.9. The molecule has 0 fully saturated rings. The summed E-state index contributed by atoms with van der Waals surface area (Å²) >= 11 is 11.2. The van der Waals surface area contributed by atoms with Gasteiger partial charge in [0.1, 0.15) is 11.5 Å². The largest absolute Gasteiger partial charge is 0.491 e. The minimum absolute atomic E-state index is 0.00530. The lowest BCUT2D eigenvalue weighted by Crippen LogP contribution is -2.03. The van der Waals surface area contributed by atoms with Crippen LogP contribution in [-0.4, -0.2) is 22.1 Å². The minimum atomic E-state index is -0.840. The molecule has 9 heteroatoms. The number of halogens is 5. The maximum Gasteiger partial charge on any atom is 0.307 e. The lowest BCUT2D eigenvalue weighted by molar-refractivity contribution is -0.136. The van der Waals surface area contributed by atoms with Crippen molar-refractivity contribution in [3.05, 3.63) is 44.1 Å². The molecule has 0 aliphatic rings. The number of alkyl halides is 1. The van der Waals surface area contributed by atoms with Gasteiger partial charge in [0.2, 0.25) is 0 Å². The van der Waals surface area contributed by atoms with Crippen molar-refractivity contribution in [1.29, 1.82) is 0 Å². The van der Waals surface area contributed by atoms with Crippen LogP contribution in [0, 0.1) is 14.3 Å². The van der Waals surface area contributed by atoms with Gasteiger partial charge >= 0.3 is 5.97 Å². The topological polar surface area (TPSA) is 55.8 Å². The number of aliphatic carboxylic acids is 1. The third kappa shape index (κ3) is 6.89. The van der Waals surface area contributed by atoms with Crippen LogP contribution in [0.4, 0.5) is 0 Å². The molecule has 2 rings (SSSR count). The molecule has 1 N–H and O–H groups in total. The number of carboxylic acid groups (broad SMARTS) is 1. The lowest BCUT2D eigenvalue weighted by atomic mass is 10.1. The van der Waals surface area contributed by atoms with E-state index in [1.54, 1.807) is 0 Å². The smallest absolute Gasteiger partial charge is 0.307 e. The van der Waals surface area contributed by atoms with Crippen molar-refractivity contribution in [2.45, 2.75) is 12.8 Å². The van der Waals surface area contributed by atoms with Gasteiger partial charge in [-0.05, 0) is 127 Å². The van der Waals surface area contributed by atoms with E-state index >= 15 is 0 Å². The second-order valence-electron chi connectivity index (χ2n) is 5.17. The zero-order valence-electron chi connectivity index (χ0n) is 13.2. The molecule has 0 saturated carbocycles. The third-order valence-corrected chi connectivity index (χ3v) is 7.10. The van der Waals surface area contributed by atoms with Crippen molar-refractivity contribution in [3.63, 3.8) is 0 Å². The van der Waals surface area contributed by atoms with Crippen LogP contribution < -0.4 is 9.47 Å². The first kappa shape index (κ1) is 23.4.